The van der Waals surface area contributed by atoms with Gasteiger partial charge in [-0.15, -0.1) is 0 Å². The summed E-state index contributed by atoms with van der Waals surface area (Å²) in [4.78, 5) is 16.1. The fourth-order valence-corrected chi connectivity index (χ4v) is 2.17. The van der Waals surface area contributed by atoms with Crippen LogP contribution >= 0.6 is 0 Å². The normalized spacial score (nSPS) is 14.9. The van der Waals surface area contributed by atoms with Crippen molar-refractivity contribution in [3.8, 4) is 0 Å². The second-order valence-electron chi connectivity index (χ2n) is 4.94. The number of carbonyl (C=O) groups is 1. The number of hydrogen-bond donors (Lipinski definition) is 0. The molecule has 0 aromatic carbocycles. The molecule has 1 fully saturated rings. The van der Waals surface area contributed by atoms with Crippen LogP contribution < -0.4 is 0 Å². The Bertz CT molecular complexity index is 563. The van der Waals surface area contributed by atoms with Crippen molar-refractivity contribution in [3.63, 3.8) is 0 Å². The topological polar surface area (TPSA) is 39.8 Å². The van der Waals surface area contributed by atoms with Crippen molar-refractivity contribution >= 4 is 5.78 Å². The zero-order valence-corrected chi connectivity index (χ0v) is 10.5. The van der Waals surface area contributed by atoms with Crippen LogP contribution in [0.15, 0.2) is 30.9 Å². The van der Waals surface area contributed by atoms with Crippen LogP contribution in [0.1, 0.15) is 29.0 Å². The molecule has 0 bridgehead atoms. The molecule has 94 valence electrons. The van der Waals surface area contributed by atoms with Gasteiger partial charge < -0.3 is 9.13 Å². The quantitative estimate of drug-likeness (QED) is 0.756. The van der Waals surface area contributed by atoms with Crippen molar-refractivity contribution in [1.29, 1.82) is 0 Å². The van der Waals surface area contributed by atoms with E-state index in [2.05, 4.69) is 14.1 Å². The number of ketones is 1. The summed E-state index contributed by atoms with van der Waals surface area (Å²) in [6.07, 6.45) is 9.88. The Morgan fingerprint density at radius 1 is 1.39 bits per heavy atom. The Labute approximate surface area is 106 Å². The van der Waals surface area contributed by atoms with Gasteiger partial charge in [-0.1, -0.05) is 0 Å². The molecule has 0 spiro atoms. The molecule has 1 saturated carbocycles. The minimum absolute atomic E-state index is 0.303. The van der Waals surface area contributed by atoms with Crippen molar-refractivity contribution < 1.29 is 4.79 Å². The first-order chi connectivity index (χ1) is 8.74. The van der Waals surface area contributed by atoms with Gasteiger partial charge in [-0.2, -0.15) is 0 Å². The Morgan fingerprint density at radius 2 is 2.22 bits per heavy atom. The third-order valence-corrected chi connectivity index (χ3v) is 3.51. The maximum Gasteiger partial charge on any atom is 0.167 e. The molecule has 4 heteroatoms. The molecule has 0 N–H and O–H groups in total. The van der Waals surface area contributed by atoms with Crippen molar-refractivity contribution in [3.05, 3.63) is 42.2 Å². The van der Waals surface area contributed by atoms with Gasteiger partial charge in [-0.25, -0.2) is 4.98 Å². The molecular weight excluding hydrogens is 226 g/mol. The number of imidazole rings is 1. The van der Waals surface area contributed by atoms with Crippen LogP contribution in [0.5, 0.6) is 0 Å². The highest BCUT2D eigenvalue weighted by atomic mass is 16.1. The highest BCUT2D eigenvalue weighted by Crippen LogP contribution is 2.32. The van der Waals surface area contributed by atoms with E-state index in [1.807, 2.05) is 37.8 Å². The highest BCUT2D eigenvalue weighted by molar-refractivity contribution is 5.99. The van der Waals surface area contributed by atoms with E-state index >= 15 is 0 Å². The second-order valence-corrected chi connectivity index (χ2v) is 4.94. The predicted octanol–water partition coefficient (Wildman–Crippen LogP) is 2.29. The molecule has 1 aliphatic carbocycles. The molecule has 0 amide bonds. The summed E-state index contributed by atoms with van der Waals surface area (Å²) in [6, 6.07) is 1.93. The van der Waals surface area contributed by atoms with Gasteiger partial charge in [0.2, 0.25) is 0 Å². The van der Waals surface area contributed by atoms with Crippen LogP contribution in [0.2, 0.25) is 0 Å². The molecule has 4 nitrogen and oxygen atoms in total. The molecule has 2 heterocycles. The first kappa shape index (κ1) is 11.3. The van der Waals surface area contributed by atoms with E-state index in [1.54, 1.807) is 0 Å². The van der Waals surface area contributed by atoms with Crippen LogP contribution in [0.25, 0.3) is 0 Å². The van der Waals surface area contributed by atoms with E-state index < -0.39 is 0 Å². The lowest BCUT2D eigenvalue weighted by Crippen LogP contribution is -2.07. The van der Waals surface area contributed by atoms with Crippen molar-refractivity contribution in [2.24, 2.45) is 5.92 Å². The number of rotatable bonds is 5. The molecule has 3 rings (SSSR count). The van der Waals surface area contributed by atoms with Crippen molar-refractivity contribution in [2.45, 2.75) is 32.9 Å². The van der Waals surface area contributed by atoms with Crippen LogP contribution in [-0.2, 0) is 13.1 Å². The number of aryl methyl sites for hydroxylation is 3. The molecular formula is C14H17N3O. The molecule has 2 aromatic heterocycles. The number of aromatic nitrogens is 3. The number of nitrogens with zero attached hydrogens (tertiary/aromatic N) is 3. The van der Waals surface area contributed by atoms with E-state index in [-0.39, 0.29) is 0 Å². The summed E-state index contributed by atoms with van der Waals surface area (Å²) in [5, 5.41) is 0. The summed E-state index contributed by atoms with van der Waals surface area (Å²) in [5.41, 5.74) is 0.861. The fraction of sp³-hybridized carbons (Fsp3) is 0.429. The number of hydrogen-bond acceptors (Lipinski definition) is 2. The number of Topliss-reactive ketones (excluding diaryl/α,β-unsaturated/α-hetero) is 1. The minimum atomic E-state index is 0.303. The lowest BCUT2D eigenvalue weighted by atomic mass is 10.1. The first-order valence-electron chi connectivity index (χ1n) is 6.42. The standard InChI is InChI=1S/C14H17N3O/c1-11-15-5-7-17(11)9-8-16-6-4-13(10-16)14(18)12-2-3-12/h4-7,10,12H,2-3,8-9H2,1H3. The monoisotopic (exact) mass is 243 g/mol. The van der Waals surface area contributed by atoms with Crippen molar-refractivity contribution in [2.75, 3.05) is 0 Å². The summed E-state index contributed by atoms with van der Waals surface area (Å²) in [5.74, 6) is 1.64. The third kappa shape index (κ3) is 2.23. The number of carbonyl (C=O) groups excluding carboxylic acids is 1. The van der Waals surface area contributed by atoms with Gasteiger partial charge >= 0.3 is 0 Å². The van der Waals surface area contributed by atoms with Crippen LogP contribution in [0.3, 0.4) is 0 Å². The maximum absolute atomic E-state index is 11.9. The summed E-state index contributed by atoms with van der Waals surface area (Å²) < 4.78 is 4.19. The zero-order chi connectivity index (χ0) is 12.5. The zero-order valence-electron chi connectivity index (χ0n) is 10.5. The average Bonchev–Trinajstić information content (AvgIpc) is 2.97. The van der Waals surface area contributed by atoms with E-state index in [9.17, 15) is 4.79 Å². The lowest BCUT2D eigenvalue weighted by Gasteiger charge is -2.05. The van der Waals surface area contributed by atoms with Gasteiger partial charge in [0.15, 0.2) is 5.78 Å². The Hall–Kier alpha value is -1.84. The predicted molar refractivity (Wildman–Crippen MR) is 68.5 cm³/mol. The highest BCUT2D eigenvalue weighted by Gasteiger charge is 2.30. The Morgan fingerprint density at radius 3 is 2.89 bits per heavy atom. The van der Waals surface area contributed by atoms with Gasteiger partial charge in [0, 0.05) is 49.4 Å². The molecule has 1 aliphatic rings. The van der Waals surface area contributed by atoms with Gasteiger partial charge in [-0.3, -0.25) is 4.79 Å². The first-order valence-corrected chi connectivity index (χ1v) is 6.42. The van der Waals surface area contributed by atoms with Crippen molar-refractivity contribution in [1.82, 2.24) is 14.1 Å². The second kappa shape index (κ2) is 4.44. The van der Waals surface area contributed by atoms with Crippen LogP contribution in [-0.4, -0.2) is 19.9 Å². The fourth-order valence-electron chi connectivity index (χ4n) is 2.17. The lowest BCUT2D eigenvalue weighted by molar-refractivity contribution is 0.0967. The van der Waals surface area contributed by atoms with E-state index in [0.717, 1.165) is 37.3 Å². The molecule has 0 aliphatic heterocycles. The molecule has 18 heavy (non-hydrogen) atoms. The van der Waals surface area contributed by atoms with E-state index in [1.165, 1.54) is 0 Å². The average molecular weight is 243 g/mol. The molecule has 0 saturated heterocycles. The minimum Gasteiger partial charge on any atom is -0.352 e. The Kier molecular flexibility index (Phi) is 2.78. The molecule has 0 atom stereocenters. The van der Waals surface area contributed by atoms with Gasteiger partial charge in [0.1, 0.15) is 5.82 Å². The smallest absolute Gasteiger partial charge is 0.167 e. The van der Waals surface area contributed by atoms with Gasteiger partial charge in [-0.05, 0) is 25.8 Å². The summed E-state index contributed by atoms with van der Waals surface area (Å²) in [7, 11) is 0. The Balaban J connectivity index is 1.63. The van der Waals surface area contributed by atoms with Gasteiger partial charge in [0.25, 0.3) is 0 Å². The van der Waals surface area contributed by atoms with Crippen LogP contribution in [0.4, 0.5) is 0 Å². The molecule has 2 aromatic rings. The van der Waals surface area contributed by atoms with E-state index in [4.69, 9.17) is 0 Å². The molecule has 0 unspecified atom stereocenters. The largest absolute Gasteiger partial charge is 0.352 e. The molecule has 0 radical (unpaired) electrons. The SMILES string of the molecule is Cc1nccn1CCn1ccc(C(=O)C2CC2)c1. The van der Waals surface area contributed by atoms with Gasteiger partial charge in [0.05, 0.1) is 0 Å². The summed E-state index contributed by atoms with van der Waals surface area (Å²) in [6.45, 7) is 3.75. The third-order valence-electron chi connectivity index (χ3n) is 3.51. The maximum atomic E-state index is 11.9. The van der Waals surface area contributed by atoms with E-state index in [0.29, 0.717) is 11.7 Å². The summed E-state index contributed by atoms with van der Waals surface area (Å²) >= 11 is 0. The van der Waals surface area contributed by atoms with Crippen LogP contribution in [0, 0.1) is 12.8 Å².